The molecule has 312 valence electrons. The Labute approximate surface area is 339 Å². The molecule has 0 fully saturated rings. The van der Waals surface area contributed by atoms with Crippen LogP contribution in [0.3, 0.4) is 0 Å². The first-order valence-corrected chi connectivity index (χ1v) is 27.9. The molecule has 0 amide bonds. The second kappa shape index (κ2) is 19.7. The van der Waals surface area contributed by atoms with Crippen LogP contribution in [0.5, 0.6) is 0 Å². The van der Waals surface area contributed by atoms with Gasteiger partial charge in [0.15, 0.2) is 16.6 Å². The Morgan fingerprint density at radius 2 is 1.16 bits per heavy atom. The lowest BCUT2D eigenvalue weighted by atomic mass is 9.97. The van der Waals surface area contributed by atoms with Crippen molar-refractivity contribution >= 4 is 41.3 Å². The Balaban J connectivity index is 2.96. The van der Waals surface area contributed by atoms with Gasteiger partial charge in [-0.3, -0.25) is 4.79 Å². The minimum Gasteiger partial charge on any atom is -0.465 e. The molecule has 0 aromatic heterocycles. The fourth-order valence-corrected chi connectivity index (χ4v) is 13.5. The van der Waals surface area contributed by atoms with Crippen LogP contribution in [0.4, 0.5) is 0 Å². The monoisotopic (exact) mass is 815 g/mol. The van der Waals surface area contributed by atoms with Crippen molar-refractivity contribution in [3.8, 4) is 0 Å². The molecule has 55 heavy (non-hydrogen) atoms. The summed E-state index contributed by atoms with van der Waals surface area (Å²) in [5, 5.41) is 2.06. The molecular formula is C45H78O7Si3. The second-order valence-corrected chi connectivity index (χ2v) is 34.1. The van der Waals surface area contributed by atoms with Crippen molar-refractivity contribution in [2.24, 2.45) is 5.41 Å². The van der Waals surface area contributed by atoms with Crippen LogP contribution in [0.15, 0.2) is 72.3 Å². The first kappa shape index (κ1) is 49.2. The summed E-state index contributed by atoms with van der Waals surface area (Å²) in [5.74, 6) is -0.213. The van der Waals surface area contributed by atoms with Gasteiger partial charge < -0.3 is 27.5 Å². The molecule has 7 nitrogen and oxygen atoms in total. The molecule has 10 heteroatoms. The smallest absolute Gasteiger partial charge is 0.311 e. The molecule has 2 rings (SSSR count). The van der Waals surface area contributed by atoms with Gasteiger partial charge in [-0.15, -0.1) is 0 Å². The first-order valence-electron chi connectivity index (χ1n) is 20.1. The highest BCUT2D eigenvalue weighted by molar-refractivity contribution is 6.99. The summed E-state index contributed by atoms with van der Waals surface area (Å²) in [5.41, 5.74) is 0.441. The van der Waals surface area contributed by atoms with Gasteiger partial charge in [-0.25, -0.2) is 0 Å². The molecule has 0 aliphatic carbocycles. The average molecular weight is 815 g/mol. The van der Waals surface area contributed by atoms with Gasteiger partial charge in [0.2, 0.25) is 0 Å². The zero-order chi connectivity index (χ0) is 42.1. The fraction of sp³-hybridized carbons (Fsp3) is 0.667. The van der Waals surface area contributed by atoms with Gasteiger partial charge in [0, 0.05) is 20.0 Å². The van der Waals surface area contributed by atoms with Crippen LogP contribution in [0.25, 0.3) is 0 Å². The first-order chi connectivity index (χ1) is 25.1. The maximum absolute atomic E-state index is 13.0. The van der Waals surface area contributed by atoms with Crippen LogP contribution in [-0.4, -0.2) is 76.3 Å². The Bertz CT molecular complexity index is 1440. The van der Waals surface area contributed by atoms with Gasteiger partial charge >= 0.3 is 5.97 Å². The van der Waals surface area contributed by atoms with Gasteiger partial charge in [-0.1, -0.05) is 129 Å². The Morgan fingerprint density at radius 3 is 1.58 bits per heavy atom. The van der Waals surface area contributed by atoms with E-state index in [1.54, 1.807) is 7.11 Å². The van der Waals surface area contributed by atoms with E-state index in [2.05, 4.69) is 162 Å². The van der Waals surface area contributed by atoms with Crippen molar-refractivity contribution in [2.75, 3.05) is 27.1 Å². The average Bonchev–Trinajstić information content (AvgIpc) is 3.05. The van der Waals surface area contributed by atoms with Gasteiger partial charge in [-0.05, 0) is 84.9 Å². The van der Waals surface area contributed by atoms with Crippen molar-refractivity contribution in [3.63, 3.8) is 0 Å². The molecule has 0 radical (unpaired) electrons. The van der Waals surface area contributed by atoms with Crippen LogP contribution < -0.4 is 10.4 Å². The van der Waals surface area contributed by atoms with Gasteiger partial charge in [-0.2, -0.15) is 0 Å². The number of benzene rings is 2. The largest absolute Gasteiger partial charge is 0.465 e. The van der Waals surface area contributed by atoms with E-state index in [-0.39, 0.29) is 46.7 Å². The zero-order valence-electron chi connectivity index (χ0n) is 38.0. The predicted octanol–water partition coefficient (Wildman–Crippen LogP) is 10.6. The van der Waals surface area contributed by atoms with Crippen LogP contribution in [0.2, 0.25) is 41.3 Å². The molecule has 0 N–H and O–H groups in total. The highest BCUT2D eigenvalue weighted by atomic mass is 28.4. The van der Waals surface area contributed by atoms with E-state index in [0.29, 0.717) is 19.4 Å². The van der Waals surface area contributed by atoms with Crippen LogP contribution in [0.1, 0.15) is 103 Å². The van der Waals surface area contributed by atoms with Gasteiger partial charge in [0.25, 0.3) is 8.32 Å². The fourth-order valence-electron chi connectivity index (χ4n) is 6.11. The predicted molar refractivity (Wildman–Crippen MR) is 238 cm³/mol. The Kier molecular flexibility index (Phi) is 17.6. The number of ether oxygens (including phenoxy) is 3. The molecule has 0 spiro atoms. The molecule has 0 saturated carbocycles. The van der Waals surface area contributed by atoms with E-state index >= 15 is 0 Å². The normalized spacial score (nSPS) is 15.8. The van der Waals surface area contributed by atoms with Crippen LogP contribution in [0, 0.1) is 5.41 Å². The van der Waals surface area contributed by atoms with E-state index in [0.717, 1.165) is 5.57 Å². The number of carbonyl (C=O) groups is 1. The number of hydrogen-bond donors (Lipinski definition) is 0. The number of hydrogen-bond acceptors (Lipinski definition) is 7. The summed E-state index contributed by atoms with van der Waals surface area (Å²) in [4.78, 5) is 13.0. The summed E-state index contributed by atoms with van der Waals surface area (Å²) in [6.45, 7) is 38.4. The van der Waals surface area contributed by atoms with Gasteiger partial charge in [0.05, 0.1) is 36.9 Å². The standard InChI is InChI=1S/C45H78O7Si3/c1-35(33-48-34-47-14)31-39(52-55(45(11,12)13,37-25-21-19-22-26-37)38-27-23-20-24-28-38)40(51-54(17,18)44(8,9)10)32-36(50-53(15,16)43(5,6)7)29-30-49-41(46)42(2,3)4/h19-28,31,36,39-40H,29-30,32-34H2,1-18H3/b35-31+/t36-,39+,40+/m0/s1. The van der Waals surface area contributed by atoms with E-state index in [9.17, 15) is 4.79 Å². The molecule has 0 unspecified atom stereocenters. The number of esters is 1. The lowest BCUT2D eigenvalue weighted by molar-refractivity contribution is -0.153. The van der Waals surface area contributed by atoms with E-state index in [1.807, 2.05) is 20.8 Å². The minimum absolute atomic E-state index is 0.0247. The minimum atomic E-state index is -3.07. The third kappa shape index (κ3) is 13.9. The molecule has 3 atom stereocenters. The van der Waals surface area contributed by atoms with E-state index < -0.39 is 36.5 Å². The molecule has 0 bridgehead atoms. The van der Waals surface area contributed by atoms with Crippen molar-refractivity contribution in [1.29, 1.82) is 0 Å². The topological polar surface area (TPSA) is 72.5 Å². The number of methoxy groups -OCH3 is 1. The highest BCUT2D eigenvalue weighted by Gasteiger charge is 2.53. The Hall–Kier alpha value is -1.90. The summed E-state index contributed by atoms with van der Waals surface area (Å²) in [7, 11) is -6.11. The maximum Gasteiger partial charge on any atom is 0.311 e. The molecule has 0 saturated heterocycles. The lowest BCUT2D eigenvalue weighted by Crippen LogP contribution is -2.68. The van der Waals surface area contributed by atoms with Crippen molar-refractivity contribution < 1.29 is 32.3 Å². The summed E-state index contributed by atoms with van der Waals surface area (Å²) in [6, 6.07) is 21.6. The van der Waals surface area contributed by atoms with E-state index in [1.165, 1.54) is 10.4 Å². The van der Waals surface area contributed by atoms with E-state index in [4.69, 9.17) is 27.5 Å². The van der Waals surface area contributed by atoms with Gasteiger partial charge in [0.1, 0.15) is 6.79 Å². The van der Waals surface area contributed by atoms with Crippen molar-refractivity contribution in [3.05, 3.63) is 72.3 Å². The zero-order valence-corrected chi connectivity index (χ0v) is 41.0. The van der Waals surface area contributed by atoms with Crippen molar-refractivity contribution in [2.45, 2.75) is 162 Å². The quantitative estimate of drug-likeness (QED) is 0.0460. The summed E-state index contributed by atoms with van der Waals surface area (Å²) >= 11 is 0. The Morgan fingerprint density at radius 1 is 0.691 bits per heavy atom. The number of rotatable bonds is 19. The molecule has 0 heterocycles. The molecule has 0 aliphatic rings. The third-order valence-corrected chi connectivity index (χ3v) is 25.4. The highest BCUT2D eigenvalue weighted by Crippen LogP contribution is 2.43. The summed E-state index contributed by atoms with van der Waals surface area (Å²) in [6.07, 6.45) is 2.26. The SMILES string of the molecule is COCOC/C(C)=C/[C@@H](O[Si](c1ccccc1)(c1ccccc1)C(C)(C)C)[C@@H](C[C@H](CCOC(=O)C(C)(C)C)O[Si](C)(C)C(C)(C)C)O[Si](C)(C)C(C)(C)C. The van der Waals surface area contributed by atoms with Crippen LogP contribution >= 0.6 is 0 Å². The summed E-state index contributed by atoms with van der Waals surface area (Å²) < 4.78 is 39.9. The lowest BCUT2D eigenvalue weighted by Gasteiger charge is -2.48. The second-order valence-electron chi connectivity index (χ2n) is 20.3. The number of carbonyl (C=O) groups excluding carboxylic acids is 1. The molecule has 0 aliphatic heterocycles. The maximum atomic E-state index is 13.0. The van der Waals surface area contributed by atoms with Crippen LogP contribution in [-0.2, 0) is 32.3 Å². The molecule has 2 aromatic carbocycles. The van der Waals surface area contributed by atoms with Crippen molar-refractivity contribution in [1.82, 2.24) is 0 Å². The molecular weight excluding hydrogens is 737 g/mol. The third-order valence-electron chi connectivity index (χ3n) is 11.4. The molecule has 2 aromatic rings.